The van der Waals surface area contributed by atoms with Crippen molar-refractivity contribution < 1.29 is 9.47 Å². The Hall–Kier alpha value is -1.88. The van der Waals surface area contributed by atoms with Crippen molar-refractivity contribution in [3.8, 4) is 5.75 Å². The fraction of sp³-hybridized carbons (Fsp3) is 0.526. The summed E-state index contributed by atoms with van der Waals surface area (Å²) in [6, 6.07) is 6.20. The average Bonchev–Trinajstić information content (AvgIpc) is 3.07. The van der Waals surface area contributed by atoms with Crippen LogP contribution in [0.5, 0.6) is 5.75 Å². The first-order chi connectivity index (χ1) is 13.1. The minimum absolute atomic E-state index is 0. The number of ether oxygens (including phenoxy) is 2. The topological polar surface area (TPSA) is 85.6 Å². The van der Waals surface area contributed by atoms with Crippen LogP contribution in [0, 0.1) is 6.92 Å². The molecule has 0 saturated carbocycles. The third-order valence-corrected chi connectivity index (χ3v) is 3.94. The predicted molar refractivity (Wildman–Crippen MR) is 121 cm³/mol. The van der Waals surface area contributed by atoms with Crippen molar-refractivity contribution in [2.24, 2.45) is 12.0 Å². The van der Waals surface area contributed by atoms with Crippen molar-refractivity contribution in [3.63, 3.8) is 0 Å². The van der Waals surface area contributed by atoms with Crippen LogP contribution in [0.2, 0.25) is 0 Å². The summed E-state index contributed by atoms with van der Waals surface area (Å²) >= 11 is 0. The van der Waals surface area contributed by atoms with Gasteiger partial charge in [-0.1, -0.05) is 12.1 Å². The Morgan fingerprint density at radius 2 is 2.07 bits per heavy atom. The molecule has 0 amide bonds. The molecule has 2 N–H and O–H groups in total. The summed E-state index contributed by atoms with van der Waals surface area (Å²) in [7, 11) is 3.61. The van der Waals surface area contributed by atoms with Gasteiger partial charge in [-0.2, -0.15) is 0 Å². The summed E-state index contributed by atoms with van der Waals surface area (Å²) in [5, 5.41) is 14.5. The standard InChI is InChI=1S/C19H30N6O2.HI/c1-5-20-19(22-13-18-24-23-14-25(18)3)21-12-16-8-7-15(2)11-17(16)27-10-6-9-26-4;/h7-8,11,14H,5-6,9-10,12-13H2,1-4H3,(H2,20,21,22);1H. The Kier molecular flexibility index (Phi) is 11.5. The van der Waals surface area contributed by atoms with E-state index in [1.165, 1.54) is 0 Å². The third-order valence-electron chi connectivity index (χ3n) is 3.94. The lowest BCUT2D eigenvalue weighted by molar-refractivity contribution is 0.172. The van der Waals surface area contributed by atoms with Gasteiger partial charge in [0.15, 0.2) is 11.8 Å². The molecule has 0 spiro atoms. The van der Waals surface area contributed by atoms with Gasteiger partial charge < -0.3 is 24.7 Å². The van der Waals surface area contributed by atoms with Gasteiger partial charge in [-0.3, -0.25) is 0 Å². The lowest BCUT2D eigenvalue weighted by Gasteiger charge is -2.13. The number of methoxy groups -OCH3 is 1. The highest BCUT2D eigenvalue weighted by atomic mass is 127. The molecular formula is C19H31IN6O2. The van der Waals surface area contributed by atoms with Gasteiger partial charge in [0.05, 0.1) is 19.7 Å². The van der Waals surface area contributed by atoms with Gasteiger partial charge in [-0.15, -0.1) is 34.2 Å². The second kappa shape index (κ2) is 13.3. The predicted octanol–water partition coefficient (Wildman–Crippen LogP) is 2.41. The summed E-state index contributed by atoms with van der Waals surface area (Å²) in [5.74, 6) is 2.45. The third kappa shape index (κ3) is 8.01. The second-order valence-electron chi connectivity index (χ2n) is 6.21. The van der Waals surface area contributed by atoms with Crippen molar-refractivity contribution in [2.75, 3.05) is 26.9 Å². The van der Waals surface area contributed by atoms with Gasteiger partial charge in [0.2, 0.25) is 0 Å². The number of aromatic nitrogens is 3. The number of aryl methyl sites for hydroxylation is 2. The number of benzene rings is 1. The SMILES string of the molecule is CCNC(=NCc1ccc(C)cc1OCCCOC)NCc1nncn1C.I. The van der Waals surface area contributed by atoms with Crippen molar-refractivity contribution >= 4 is 29.9 Å². The molecule has 0 bridgehead atoms. The molecule has 8 nitrogen and oxygen atoms in total. The van der Waals surface area contributed by atoms with E-state index in [2.05, 4.69) is 50.9 Å². The summed E-state index contributed by atoms with van der Waals surface area (Å²) in [5.41, 5.74) is 2.21. The van der Waals surface area contributed by atoms with Crippen LogP contribution >= 0.6 is 24.0 Å². The molecule has 1 aromatic carbocycles. The smallest absolute Gasteiger partial charge is 0.191 e. The Morgan fingerprint density at radius 3 is 2.75 bits per heavy atom. The molecule has 156 valence electrons. The molecule has 0 atom stereocenters. The fourth-order valence-electron chi connectivity index (χ4n) is 2.45. The number of hydrogen-bond donors (Lipinski definition) is 2. The first-order valence-electron chi connectivity index (χ1n) is 9.20. The van der Waals surface area contributed by atoms with Crippen LogP contribution in [0.1, 0.15) is 30.3 Å². The normalized spacial score (nSPS) is 11.1. The number of hydrogen-bond acceptors (Lipinski definition) is 5. The molecule has 9 heteroatoms. The van der Waals surface area contributed by atoms with Crippen molar-refractivity contribution in [1.29, 1.82) is 0 Å². The first kappa shape index (κ1) is 24.2. The van der Waals surface area contributed by atoms with E-state index in [0.717, 1.165) is 41.6 Å². The summed E-state index contributed by atoms with van der Waals surface area (Å²) < 4.78 is 12.9. The van der Waals surface area contributed by atoms with Gasteiger partial charge in [-0.05, 0) is 25.5 Å². The van der Waals surface area contributed by atoms with Crippen LogP contribution in [-0.4, -0.2) is 47.6 Å². The maximum Gasteiger partial charge on any atom is 0.191 e. The molecule has 0 unspecified atom stereocenters. The number of nitrogens with zero attached hydrogens (tertiary/aromatic N) is 4. The van der Waals surface area contributed by atoms with Crippen molar-refractivity contribution in [1.82, 2.24) is 25.4 Å². The average molecular weight is 502 g/mol. The highest BCUT2D eigenvalue weighted by Crippen LogP contribution is 2.21. The molecule has 0 saturated heterocycles. The Morgan fingerprint density at radius 1 is 1.25 bits per heavy atom. The van der Waals surface area contributed by atoms with Gasteiger partial charge in [0.25, 0.3) is 0 Å². The fourth-order valence-corrected chi connectivity index (χ4v) is 2.45. The molecule has 2 aromatic rings. The summed E-state index contributed by atoms with van der Waals surface area (Å²) in [6.45, 7) is 7.26. The highest BCUT2D eigenvalue weighted by Gasteiger charge is 2.06. The second-order valence-corrected chi connectivity index (χ2v) is 6.21. The van der Waals surface area contributed by atoms with E-state index in [1.54, 1.807) is 13.4 Å². The summed E-state index contributed by atoms with van der Waals surface area (Å²) in [4.78, 5) is 4.68. The largest absolute Gasteiger partial charge is 0.493 e. The minimum atomic E-state index is 0. The minimum Gasteiger partial charge on any atom is -0.493 e. The van der Waals surface area contributed by atoms with Gasteiger partial charge in [0, 0.05) is 39.3 Å². The van der Waals surface area contributed by atoms with Crippen molar-refractivity contribution in [2.45, 2.75) is 33.4 Å². The molecule has 0 fully saturated rings. The lowest BCUT2D eigenvalue weighted by atomic mass is 10.1. The molecular weight excluding hydrogens is 471 g/mol. The monoisotopic (exact) mass is 502 g/mol. The zero-order valence-corrected chi connectivity index (χ0v) is 19.4. The van der Waals surface area contributed by atoms with Crippen molar-refractivity contribution in [3.05, 3.63) is 41.5 Å². The number of aliphatic imine (C=N–C) groups is 1. The molecule has 0 aliphatic rings. The van der Waals surface area contributed by atoms with E-state index in [-0.39, 0.29) is 24.0 Å². The zero-order valence-electron chi connectivity index (χ0n) is 17.1. The Balaban J connectivity index is 0.00000392. The van der Waals surface area contributed by atoms with E-state index in [9.17, 15) is 0 Å². The van der Waals surface area contributed by atoms with E-state index in [4.69, 9.17) is 9.47 Å². The molecule has 0 aliphatic heterocycles. The maximum atomic E-state index is 5.94. The van der Waals surface area contributed by atoms with Crippen LogP contribution in [0.3, 0.4) is 0 Å². The number of rotatable bonds is 10. The Bertz CT molecular complexity index is 735. The first-order valence-corrected chi connectivity index (χ1v) is 9.20. The molecule has 1 aromatic heterocycles. The van der Waals surface area contributed by atoms with E-state index < -0.39 is 0 Å². The van der Waals surface area contributed by atoms with E-state index >= 15 is 0 Å². The van der Waals surface area contributed by atoms with Gasteiger partial charge in [-0.25, -0.2) is 4.99 Å². The van der Waals surface area contributed by atoms with Crippen LogP contribution in [0.25, 0.3) is 0 Å². The Labute approximate surface area is 184 Å². The van der Waals surface area contributed by atoms with Gasteiger partial charge >= 0.3 is 0 Å². The highest BCUT2D eigenvalue weighted by molar-refractivity contribution is 14.0. The molecule has 28 heavy (non-hydrogen) atoms. The molecule has 2 rings (SSSR count). The maximum absolute atomic E-state index is 5.94. The van der Waals surface area contributed by atoms with Crippen LogP contribution in [0.4, 0.5) is 0 Å². The van der Waals surface area contributed by atoms with E-state index in [0.29, 0.717) is 26.3 Å². The number of nitrogens with one attached hydrogen (secondary N) is 2. The molecule has 0 radical (unpaired) electrons. The van der Waals surface area contributed by atoms with Crippen LogP contribution < -0.4 is 15.4 Å². The van der Waals surface area contributed by atoms with E-state index in [1.807, 2.05) is 18.5 Å². The lowest BCUT2D eigenvalue weighted by Crippen LogP contribution is -2.37. The quantitative estimate of drug-likeness (QED) is 0.225. The molecule has 1 heterocycles. The number of halogens is 1. The van der Waals surface area contributed by atoms with Gasteiger partial charge in [0.1, 0.15) is 12.1 Å². The molecule has 0 aliphatic carbocycles. The number of guanidine groups is 1. The van der Waals surface area contributed by atoms with Crippen LogP contribution in [0.15, 0.2) is 29.5 Å². The summed E-state index contributed by atoms with van der Waals surface area (Å²) in [6.07, 6.45) is 2.54. The zero-order chi connectivity index (χ0) is 19.5. The van der Waals surface area contributed by atoms with Crippen LogP contribution in [-0.2, 0) is 24.9 Å².